The first kappa shape index (κ1) is 15.5. The zero-order chi connectivity index (χ0) is 16.9. The first-order valence-corrected chi connectivity index (χ1v) is 7.21. The highest BCUT2D eigenvalue weighted by molar-refractivity contribution is 5.85. The summed E-state index contributed by atoms with van der Waals surface area (Å²) >= 11 is 0. The Hall–Kier alpha value is -3.35. The SMILES string of the molecule is COc1ccc(OC)c(/C=N/Nc2nc3ccccc3c(=O)[nH]2)c1. The number of aromatic nitrogens is 2. The lowest BCUT2D eigenvalue weighted by atomic mass is 10.2. The number of nitrogens with zero attached hydrogens (tertiary/aromatic N) is 2. The number of hydrazone groups is 1. The minimum Gasteiger partial charge on any atom is -0.497 e. The maximum absolute atomic E-state index is 12.0. The normalized spacial score (nSPS) is 10.9. The van der Waals surface area contributed by atoms with Gasteiger partial charge in [-0.2, -0.15) is 5.10 Å². The van der Waals surface area contributed by atoms with Gasteiger partial charge in [0.1, 0.15) is 11.5 Å². The van der Waals surface area contributed by atoms with Gasteiger partial charge in [-0.25, -0.2) is 10.4 Å². The van der Waals surface area contributed by atoms with Crippen LogP contribution in [0.5, 0.6) is 11.5 Å². The van der Waals surface area contributed by atoms with Gasteiger partial charge in [0.25, 0.3) is 5.56 Å². The zero-order valence-corrected chi connectivity index (χ0v) is 13.2. The molecule has 0 saturated carbocycles. The second-order valence-corrected chi connectivity index (χ2v) is 4.91. The van der Waals surface area contributed by atoms with Crippen LogP contribution in [0.4, 0.5) is 5.95 Å². The highest BCUT2D eigenvalue weighted by Crippen LogP contribution is 2.22. The Bertz CT molecular complexity index is 950. The first-order valence-electron chi connectivity index (χ1n) is 7.21. The molecule has 0 atom stereocenters. The van der Waals surface area contributed by atoms with Gasteiger partial charge in [0.05, 0.1) is 31.3 Å². The first-order chi connectivity index (χ1) is 11.7. The molecule has 0 spiro atoms. The Labute approximate surface area is 138 Å². The monoisotopic (exact) mass is 324 g/mol. The Morgan fingerprint density at radius 1 is 1.17 bits per heavy atom. The number of methoxy groups -OCH3 is 2. The predicted molar refractivity (Wildman–Crippen MR) is 93.1 cm³/mol. The summed E-state index contributed by atoms with van der Waals surface area (Å²) in [5.41, 5.74) is 3.82. The van der Waals surface area contributed by atoms with Crippen molar-refractivity contribution in [1.29, 1.82) is 0 Å². The van der Waals surface area contributed by atoms with E-state index in [2.05, 4.69) is 20.5 Å². The van der Waals surface area contributed by atoms with Crippen LogP contribution in [-0.2, 0) is 0 Å². The molecule has 0 radical (unpaired) electrons. The van der Waals surface area contributed by atoms with E-state index in [1.807, 2.05) is 6.07 Å². The molecule has 0 saturated heterocycles. The number of rotatable bonds is 5. The van der Waals surface area contributed by atoms with E-state index >= 15 is 0 Å². The molecular weight excluding hydrogens is 308 g/mol. The highest BCUT2D eigenvalue weighted by Gasteiger charge is 2.04. The van der Waals surface area contributed by atoms with Crippen molar-refractivity contribution in [2.75, 3.05) is 19.6 Å². The molecule has 0 aliphatic rings. The van der Waals surface area contributed by atoms with E-state index in [0.717, 1.165) is 5.56 Å². The minimum absolute atomic E-state index is 0.225. The fourth-order valence-electron chi connectivity index (χ4n) is 2.24. The van der Waals surface area contributed by atoms with E-state index < -0.39 is 0 Å². The average Bonchev–Trinajstić information content (AvgIpc) is 2.61. The van der Waals surface area contributed by atoms with Crippen molar-refractivity contribution >= 4 is 23.1 Å². The summed E-state index contributed by atoms with van der Waals surface area (Å²) in [4.78, 5) is 18.9. The molecule has 1 aromatic heterocycles. The summed E-state index contributed by atoms with van der Waals surface area (Å²) in [6, 6.07) is 12.5. The molecule has 0 amide bonds. The van der Waals surface area contributed by atoms with Gasteiger partial charge in [0.2, 0.25) is 5.95 Å². The summed E-state index contributed by atoms with van der Waals surface area (Å²) in [5, 5.41) is 4.63. The summed E-state index contributed by atoms with van der Waals surface area (Å²) in [5.74, 6) is 1.60. The fraction of sp³-hybridized carbons (Fsp3) is 0.118. The number of fused-ring (bicyclic) bond motifs is 1. The van der Waals surface area contributed by atoms with Gasteiger partial charge >= 0.3 is 0 Å². The molecule has 122 valence electrons. The fourth-order valence-corrected chi connectivity index (χ4v) is 2.24. The molecular formula is C17H16N4O3. The number of anilines is 1. The summed E-state index contributed by atoms with van der Waals surface area (Å²) in [6.07, 6.45) is 1.57. The molecule has 3 rings (SSSR count). The van der Waals surface area contributed by atoms with Crippen molar-refractivity contribution in [2.24, 2.45) is 5.10 Å². The molecule has 24 heavy (non-hydrogen) atoms. The van der Waals surface area contributed by atoms with Crippen LogP contribution in [0.1, 0.15) is 5.56 Å². The lowest BCUT2D eigenvalue weighted by molar-refractivity contribution is 0.402. The van der Waals surface area contributed by atoms with Crippen molar-refractivity contribution in [3.05, 3.63) is 58.4 Å². The second kappa shape index (κ2) is 6.82. The smallest absolute Gasteiger partial charge is 0.260 e. The zero-order valence-electron chi connectivity index (χ0n) is 13.2. The minimum atomic E-state index is -0.225. The second-order valence-electron chi connectivity index (χ2n) is 4.91. The quantitative estimate of drug-likeness (QED) is 0.556. The summed E-state index contributed by atoms with van der Waals surface area (Å²) in [7, 11) is 3.17. The van der Waals surface area contributed by atoms with Gasteiger partial charge in [-0.15, -0.1) is 0 Å². The molecule has 2 aromatic carbocycles. The van der Waals surface area contributed by atoms with Gasteiger partial charge < -0.3 is 9.47 Å². The van der Waals surface area contributed by atoms with Crippen LogP contribution in [0, 0.1) is 0 Å². The number of benzene rings is 2. The number of ether oxygens (including phenoxy) is 2. The van der Waals surface area contributed by atoms with Crippen LogP contribution in [0.15, 0.2) is 52.4 Å². The van der Waals surface area contributed by atoms with Gasteiger partial charge in [-0.05, 0) is 30.3 Å². The lowest BCUT2D eigenvalue weighted by Crippen LogP contribution is -2.11. The van der Waals surface area contributed by atoms with Crippen molar-refractivity contribution in [3.8, 4) is 11.5 Å². The van der Waals surface area contributed by atoms with Crippen LogP contribution < -0.4 is 20.5 Å². The molecule has 0 bridgehead atoms. The van der Waals surface area contributed by atoms with Crippen LogP contribution in [0.25, 0.3) is 10.9 Å². The molecule has 1 heterocycles. The Morgan fingerprint density at radius 2 is 2.00 bits per heavy atom. The molecule has 0 aliphatic heterocycles. The molecule has 2 N–H and O–H groups in total. The van der Waals surface area contributed by atoms with Gasteiger partial charge in [-0.1, -0.05) is 12.1 Å². The van der Waals surface area contributed by atoms with Crippen LogP contribution >= 0.6 is 0 Å². The number of nitrogens with one attached hydrogen (secondary N) is 2. The number of hydrogen-bond acceptors (Lipinski definition) is 6. The van der Waals surface area contributed by atoms with E-state index in [9.17, 15) is 4.79 Å². The largest absolute Gasteiger partial charge is 0.497 e. The Morgan fingerprint density at radius 3 is 2.79 bits per heavy atom. The highest BCUT2D eigenvalue weighted by atomic mass is 16.5. The van der Waals surface area contributed by atoms with E-state index in [1.54, 1.807) is 56.8 Å². The van der Waals surface area contributed by atoms with E-state index in [1.165, 1.54) is 0 Å². The predicted octanol–water partition coefficient (Wildman–Crippen LogP) is 2.39. The standard InChI is InChI=1S/C17H16N4O3/c1-23-12-7-8-15(24-2)11(9-12)10-18-21-17-19-14-6-4-3-5-13(14)16(22)20-17/h3-10H,1-2H3,(H2,19,20,21,22)/b18-10+. The van der Waals surface area contributed by atoms with Gasteiger partial charge in [0.15, 0.2) is 0 Å². The third-order valence-electron chi connectivity index (χ3n) is 3.42. The van der Waals surface area contributed by atoms with E-state index in [-0.39, 0.29) is 11.5 Å². The maximum Gasteiger partial charge on any atom is 0.260 e. The third-order valence-corrected chi connectivity index (χ3v) is 3.42. The molecule has 7 heteroatoms. The Kier molecular flexibility index (Phi) is 4.42. The maximum atomic E-state index is 12.0. The number of aromatic amines is 1. The van der Waals surface area contributed by atoms with Gasteiger partial charge in [-0.3, -0.25) is 9.78 Å². The lowest BCUT2D eigenvalue weighted by Gasteiger charge is -2.07. The number of hydrogen-bond donors (Lipinski definition) is 2. The number of para-hydroxylation sites is 1. The van der Waals surface area contributed by atoms with E-state index in [4.69, 9.17) is 9.47 Å². The van der Waals surface area contributed by atoms with Crippen LogP contribution in [0.2, 0.25) is 0 Å². The van der Waals surface area contributed by atoms with Crippen molar-refractivity contribution in [1.82, 2.24) is 9.97 Å². The topological polar surface area (TPSA) is 88.6 Å². The van der Waals surface area contributed by atoms with Crippen LogP contribution in [0.3, 0.4) is 0 Å². The molecule has 0 unspecified atom stereocenters. The van der Waals surface area contributed by atoms with Gasteiger partial charge in [0, 0.05) is 5.56 Å². The molecule has 7 nitrogen and oxygen atoms in total. The van der Waals surface area contributed by atoms with Crippen LogP contribution in [-0.4, -0.2) is 30.4 Å². The average molecular weight is 324 g/mol. The molecule has 3 aromatic rings. The Balaban J connectivity index is 1.85. The van der Waals surface area contributed by atoms with Crippen molar-refractivity contribution in [3.63, 3.8) is 0 Å². The molecule has 0 aliphatic carbocycles. The van der Waals surface area contributed by atoms with Crippen molar-refractivity contribution < 1.29 is 9.47 Å². The summed E-state index contributed by atoms with van der Waals surface area (Å²) < 4.78 is 10.5. The number of H-pyrrole nitrogens is 1. The van der Waals surface area contributed by atoms with Crippen molar-refractivity contribution in [2.45, 2.75) is 0 Å². The third kappa shape index (κ3) is 3.19. The summed E-state index contributed by atoms with van der Waals surface area (Å²) in [6.45, 7) is 0. The molecule has 0 fully saturated rings. The van der Waals surface area contributed by atoms with E-state index in [0.29, 0.717) is 22.4 Å².